The highest BCUT2D eigenvalue weighted by molar-refractivity contribution is 5.92. The van der Waals surface area contributed by atoms with E-state index in [9.17, 15) is 47.1 Å². The van der Waals surface area contributed by atoms with Crippen molar-refractivity contribution in [1.29, 1.82) is 0 Å². The average Bonchev–Trinajstić information content (AvgIpc) is 3.07. The van der Waals surface area contributed by atoms with E-state index in [1.807, 2.05) is 20.2 Å². The van der Waals surface area contributed by atoms with Crippen molar-refractivity contribution in [3.8, 4) is 0 Å². The van der Waals surface area contributed by atoms with Gasteiger partial charge < -0.3 is 53.2 Å². The number of rotatable bonds is 15. The van der Waals surface area contributed by atoms with E-state index in [1.165, 1.54) is 32.9 Å². The number of hydrogen-bond acceptors (Lipinski definition) is 19. The van der Waals surface area contributed by atoms with Crippen LogP contribution in [0.25, 0.3) is 0 Å². The molecule has 24 nitrogen and oxygen atoms in total. The van der Waals surface area contributed by atoms with Gasteiger partial charge in [0.15, 0.2) is 0 Å². The van der Waals surface area contributed by atoms with Crippen molar-refractivity contribution in [3.63, 3.8) is 0 Å². The third kappa shape index (κ3) is 15.8. The minimum atomic E-state index is -0.693. The Bertz CT molecular complexity index is 2880. The Balaban J connectivity index is 0.000000149. The second-order valence-electron chi connectivity index (χ2n) is 23.1. The molecule has 3 atom stereocenters. The van der Waals surface area contributed by atoms with Crippen molar-refractivity contribution in [3.05, 3.63) is 72.0 Å². The number of morpholine rings is 3. The maximum atomic E-state index is 14.9. The van der Waals surface area contributed by atoms with Crippen LogP contribution in [0.1, 0.15) is 77.0 Å². The molecule has 0 radical (unpaired) electrons. The Labute approximate surface area is 502 Å². The lowest BCUT2D eigenvalue weighted by Gasteiger charge is -2.29. The van der Waals surface area contributed by atoms with Gasteiger partial charge in [-0.1, -0.05) is 38.5 Å². The molecular weight excluding hydrogens is 1140 g/mol. The molecule has 9 fully saturated rings. The fourth-order valence-electron chi connectivity index (χ4n) is 12.5. The molecule has 6 saturated heterocycles. The molecule has 0 unspecified atom stereocenters. The molecule has 3 N–H and O–H groups in total. The zero-order chi connectivity index (χ0) is 61.0. The Morgan fingerprint density at radius 2 is 0.851 bits per heavy atom. The molecule has 0 bridgehead atoms. The summed E-state index contributed by atoms with van der Waals surface area (Å²) in [5, 5.41) is 20.6. The third-order valence-corrected chi connectivity index (χ3v) is 17.3. The number of ether oxygens (including phenoxy) is 6. The molecule has 474 valence electrons. The number of anilines is 6. The van der Waals surface area contributed by atoms with Gasteiger partial charge in [-0.3, -0.25) is 29.5 Å². The van der Waals surface area contributed by atoms with Crippen LogP contribution in [0.3, 0.4) is 0 Å². The smallest absolute Gasteiger partial charge is 0.414 e. The van der Waals surface area contributed by atoms with E-state index in [-0.39, 0.29) is 80.6 Å². The molecule has 6 aliphatic heterocycles. The number of benzene rings is 3. The molecular formula is C60H78F3N9O15. The zero-order valence-corrected chi connectivity index (χ0v) is 48.8. The lowest BCUT2D eigenvalue weighted by molar-refractivity contribution is -0.207. The number of hydroxylamine groups is 5. The summed E-state index contributed by atoms with van der Waals surface area (Å²) >= 11 is 0. The molecule has 5 amide bonds. The highest BCUT2D eigenvalue weighted by Gasteiger charge is 2.41. The largest absolute Gasteiger partial charge is 0.442 e. The Morgan fingerprint density at radius 3 is 1.23 bits per heavy atom. The number of nitrogens with one attached hydrogen (secondary N) is 1. The molecule has 87 heavy (non-hydrogen) atoms. The Hall–Kier alpha value is -7.17. The first kappa shape index (κ1) is 62.9. The van der Waals surface area contributed by atoms with Crippen LogP contribution >= 0.6 is 0 Å². The van der Waals surface area contributed by atoms with Gasteiger partial charge in [-0.2, -0.15) is 5.06 Å². The second kappa shape index (κ2) is 29.7. The van der Waals surface area contributed by atoms with Crippen molar-refractivity contribution >= 4 is 70.2 Å². The number of cyclic esters (lactones) is 3. The van der Waals surface area contributed by atoms with Crippen LogP contribution in [0.4, 0.5) is 61.7 Å². The van der Waals surface area contributed by atoms with Gasteiger partial charge in [-0.05, 0) is 93.1 Å². The van der Waals surface area contributed by atoms with Crippen LogP contribution in [-0.2, 0) is 47.6 Å². The number of nitrogens with zero attached hydrogens (tertiary/aromatic N) is 8. The van der Waals surface area contributed by atoms with Crippen molar-refractivity contribution in [1.82, 2.24) is 15.6 Å². The van der Waals surface area contributed by atoms with Crippen molar-refractivity contribution in [2.75, 3.05) is 148 Å². The maximum Gasteiger partial charge on any atom is 0.414 e. The van der Waals surface area contributed by atoms with E-state index in [1.54, 1.807) is 36.4 Å². The molecule has 3 saturated carbocycles. The SMILES string of the molecule is O=C(C1CCCC1)N(O)C[C@H]1CN(c2ccc(N3CCOCC3)c(F)c2)C(=O)O1.O=C(ON(C[C@H]1CN(c2ccc(N3CCOCC3)c(F)c2)C(=O)O1)C(=O)C1CCCC1)C1CCCC1.O=C1O[C@@H](CNO)CN1c1ccc(N2CCOCC2)c(F)c1. The minimum absolute atomic E-state index is 0.0373. The van der Waals surface area contributed by atoms with E-state index in [0.717, 1.165) is 82.1 Å². The van der Waals surface area contributed by atoms with Crippen LogP contribution < -0.4 is 34.9 Å². The molecule has 12 rings (SSSR count). The van der Waals surface area contributed by atoms with Crippen LogP contribution in [0.15, 0.2) is 54.6 Å². The van der Waals surface area contributed by atoms with E-state index in [0.29, 0.717) is 118 Å². The lowest BCUT2D eigenvalue weighted by Crippen LogP contribution is -2.43. The van der Waals surface area contributed by atoms with Gasteiger partial charge in [0.1, 0.15) is 35.8 Å². The van der Waals surface area contributed by atoms with Crippen LogP contribution in [0.5, 0.6) is 0 Å². The zero-order valence-electron chi connectivity index (χ0n) is 48.8. The lowest BCUT2D eigenvalue weighted by atomic mass is 10.1. The molecule has 3 aromatic rings. The summed E-state index contributed by atoms with van der Waals surface area (Å²) < 4.78 is 75.7. The fraction of sp³-hybridized carbons (Fsp3) is 0.600. The summed E-state index contributed by atoms with van der Waals surface area (Å²) in [6.07, 6.45) is 6.90. The number of amides is 5. The topological polar surface area (TPSA) is 245 Å². The molecule has 0 spiro atoms. The van der Waals surface area contributed by atoms with E-state index in [4.69, 9.17) is 38.5 Å². The predicted molar refractivity (Wildman–Crippen MR) is 308 cm³/mol. The first-order chi connectivity index (χ1) is 42.2. The standard InChI is InChI=1S/C26H34FN3O6.C20H26FN3O5.C14H18FN3O4/c27-22-15-20(9-10-23(22)28-11-13-34-14-12-28)29-16-21(35-26(29)33)17-30(24(31)18-5-1-2-6-18)36-25(32)19-7-3-4-8-19;21-17-11-15(5-6-18(17)22-7-9-28-10-8-22)23-12-16(29-20(23)26)13-24(27)19(25)14-3-1-2-4-14;15-12-7-10(18-9-11(8-16-20)22-14(18)19)1-2-13(12)17-3-5-21-6-4-17/h9-10,15,18-19,21H,1-8,11-14,16-17H2;5-6,11,14,16,27H,1-4,7-10,12-13H2;1-2,7,11,16,20H,3-6,8-9H2/t21-;16-;11-/m110/s1. The third-order valence-electron chi connectivity index (χ3n) is 17.3. The average molecular weight is 1220 g/mol. The number of carbonyl (C=O) groups is 6. The molecule has 0 aromatic heterocycles. The Morgan fingerprint density at radius 1 is 0.506 bits per heavy atom. The van der Waals surface area contributed by atoms with Gasteiger partial charge >= 0.3 is 24.2 Å². The van der Waals surface area contributed by atoms with E-state index >= 15 is 0 Å². The van der Waals surface area contributed by atoms with Gasteiger partial charge in [0, 0.05) is 51.1 Å². The monoisotopic (exact) mass is 1220 g/mol. The van der Waals surface area contributed by atoms with Crippen LogP contribution in [0.2, 0.25) is 0 Å². The van der Waals surface area contributed by atoms with Crippen molar-refractivity contribution in [2.24, 2.45) is 17.8 Å². The number of hydrogen-bond donors (Lipinski definition) is 3. The van der Waals surface area contributed by atoms with Gasteiger partial charge in [0.05, 0.1) is 119 Å². The first-order valence-corrected chi connectivity index (χ1v) is 30.4. The van der Waals surface area contributed by atoms with Crippen molar-refractivity contribution < 1.29 is 85.6 Å². The fourth-order valence-corrected chi connectivity index (χ4v) is 12.5. The second-order valence-corrected chi connectivity index (χ2v) is 23.1. The molecule has 3 aliphatic carbocycles. The summed E-state index contributed by atoms with van der Waals surface area (Å²) in [6, 6.07) is 14.0. The van der Waals surface area contributed by atoms with Gasteiger partial charge in [0.25, 0.3) is 5.91 Å². The predicted octanol–water partition coefficient (Wildman–Crippen LogP) is 7.02. The maximum absolute atomic E-state index is 14.9. The quantitative estimate of drug-likeness (QED) is 0.0786. The summed E-state index contributed by atoms with van der Waals surface area (Å²) in [4.78, 5) is 90.3. The summed E-state index contributed by atoms with van der Waals surface area (Å²) in [6.45, 7) is 7.64. The summed E-state index contributed by atoms with van der Waals surface area (Å²) in [5.41, 5.74) is 4.64. The molecule has 27 heteroatoms. The normalized spacial score (nSPS) is 22.8. The summed E-state index contributed by atoms with van der Waals surface area (Å²) in [7, 11) is 0. The molecule has 6 heterocycles. The highest BCUT2D eigenvalue weighted by atomic mass is 19.1. The minimum Gasteiger partial charge on any atom is -0.442 e. The van der Waals surface area contributed by atoms with Crippen molar-refractivity contribution in [2.45, 2.75) is 95.4 Å². The van der Waals surface area contributed by atoms with Gasteiger partial charge in [0.2, 0.25) is 5.91 Å². The number of halogens is 3. The van der Waals surface area contributed by atoms with Crippen LogP contribution in [-0.4, -0.2) is 193 Å². The molecule has 9 aliphatic rings. The van der Waals surface area contributed by atoms with Gasteiger partial charge in [-0.15, -0.1) is 0 Å². The van der Waals surface area contributed by atoms with E-state index < -0.39 is 48.2 Å². The highest BCUT2D eigenvalue weighted by Crippen LogP contribution is 2.35. The van der Waals surface area contributed by atoms with Crippen LogP contribution in [0, 0.1) is 35.2 Å². The van der Waals surface area contributed by atoms with Gasteiger partial charge in [-0.25, -0.2) is 42.9 Å². The molecule has 3 aromatic carbocycles. The Kier molecular flexibility index (Phi) is 21.5. The number of carbonyl (C=O) groups excluding carboxylic acids is 6. The first-order valence-electron chi connectivity index (χ1n) is 30.4. The summed E-state index contributed by atoms with van der Waals surface area (Å²) in [5.74, 6) is -2.69. The van der Waals surface area contributed by atoms with E-state index in [2.05, 4.69) is 0 Å².